The third-order valence-electron chi connectivity index (χ3n) is 7.63. The second-order valence-electron chi connectivity index (χ2n) is 11.0. The van der Waals surface area contributed by atoms with Crippen molar-refractivity contribution < 1.29 is 9.22 Å². The van der Waals surface area contributed by atoms with Gasteiger partial charge in [-0.25, -0.2) is 0 Å². The lowest BCUT2D eigenvalue weighted by Gasteiger charge is -2.42. The fraction of sp³-hybridized carbons (Fsp3) is 0.708. The number of likely N-dealkylation sites (tertiary alicyclic amines) is 1. The minimum absolute atomic E-state index is 0.236. The number of rotatable bonds is 5. The standard InChI is InChI=1S/C24H37Cl2NO2Si/c1-23(2,3)30(5,6)29-20-11-9-19(10-12-20)27-14-13-24(4,22(27)28)16-17-7-8-18(25)15-21(17)26/h7-8,15,19-20H,9-14,16H2,1-6H3. The van der Waals surface area contributed by atoms with Gasteiger partial charge in [-0.05, 0) is 74.4 Å². The quantitative estimate of drug-likeness (QED) is 0.429. The van der Waals surface area contributed by atoms with Gasteiger partial charge < -0.3 is 9.33 Å². The Morgan fingerprint density at radius 3 is 2.37 bits per heavy atom. The van der Waals surface area contributed by atoms with Crippen LogP contribution in [-0.4, -0.2) is 37.8 Å². The van der Waals surface area contributed by atoms with Gasteiger partial charge in [0, 0.05) is 28.7 Å². The third-order valence-corrected chi connectivity index (χ3v) is 12.8. The Morgan fingerprint density at radius 1 is 1.17 bits per heavy atom. The molecule has 1 aromatic carbocycles. The van der Waals surface area contributed by atoms with Crippen LogP contribution in [0.15, 0.2) is 18.2 Å². The summed E-state index contributed by atoms with van der Waals surface area (Å²) in [6, 6.07) is 5.92. The van der Waals surface area contributed by atoms with Crippen molar-refractivity contribution in [3.63, 3.8) is 0 Å². The van der Waals surface area contributed by atoms with Gasteiger partial charge in [-0.2, -0.15) is 0 Å². The lowest BCUT2D eigenvalue weighted by molar-refractivity contribution is -0.138. The summed E-state index contributed by atoms with van der Waals surface area (Å²) < 4.78 is 6.63. The van der Waals surface area contributed by atoms with Crippen LogP contribution in [0.1, 0.15) is 65.4 Å². The molecule has 1 saturated heterocycles. The molecular formula is C24H37Cl2NO2Si. The average molecular weight is 471 g/mol. The molecule has 168 valence electrons. The van der Waals surface area contributed by atoms with E-state index < -0.39 is 8.32 Å². The van der Waals surface area contributed by atoms with Crippen LogP contribution in [0.25, 0.3) is 0 Å². The Kier molecular flexibility index (Phi) is 7.04. The molecule has 6 heteroatoms. The van der Waals surface area contributed by atoms with E-state index in [1.165, 1.54) is 0 Å². The summed E-state index contributed by atoms with van der Waals surface area (Å²) in [5.74, 6) is 0.280. The van der Waals surface area contributed by atoms with Crippen LogP contribution in [0.4, 0.5) is 0 Å². The fourth-order valence-corrected chi connectivity index (χ4v) is 6.49. The van der Waals surface area contributed by atoms with Gasteiger partial charge >= 0.3 is 0 Å². The number of carbonyl (C=O) groups is 1. The summed E-state index contributed by atoms with van der Waals surface area (Å²) in [6.07, 6.45) is 6.10. The Hall–Kier alpha value is -0.553. The van der Waals surface area contributed by atoms with Crippen LogP contribution >= 0.6 is 23.2 Å². The molecule has 0 radical (unpaired) electrons. The minimum Gasteiger partial charge on any atom is -0.414 e. The maximum absolute atomic E-state index is 13.4. The van der Waals surface area contributed by atoms with E-state index in [9.17, 15) is 4.79 Å². The maximum atomic E-state index is 13.4. The van der Waals surface area contributed by atoms with Crippen molar-refractivity contribution in [3.8, 4) is 0 Å². The van der Waals surface area contributed by atoms with E-state index >= 15 is 0 Å². The molecule has 1 aromatic rings. The van der Waals surface area contributed by atoms with E-state index in [0.29, 0.717) is 28.6 Å². The van der Waals surface area contributed by atoms with Gasteiger partial charge in [0.05, 0.1) is 5.41 Å². The van der Waals surface area contributed by atoms with Gasteiger partial charge in [0.2, 0.25) is 5.91 Å². The molecule has 1 unspecified atom stereocenters. The second-order valence-corrected chi connectivity index (χ2v) is 16.6. The largest absolute Gasteiger partial charge is 0.414 e. The Balaban J connectivity index is 1.59. The lowest BCUT2D eigenvalue weighted by Crippen LogP contribution is -2.47. The van der Waals surface area contributed by atoms with Gasteiger partial charge in [-0.15, -0.1) is 0 Å². The van der Waals surface area contributed by atoms with Crippen molar-refractivity contribution in [3.05, 3.63) is 33.8 Å². The van der Waals surface area contributed by atoms with Crippen LogP contribution in [0, 0.1) is 5.41 Å². The fourth-order valence-electron chi connectivity index (χ4n) is 4.59. The average Bonchev–Trinajstić information content (AvgIpc) is 2.92. The van der Waals surface area contributed by atoms with Crippen molar-refractivity contribution in [1.29, 1.82) is 0 Å². The highest BCUT2D eigenvalue weighted by molar-refractivity contribution is 6.74. The van der Waals surface area contributed by atoms with Gasteiger partial charge in [0.1, 0.15) is 0 Å². The molecule has 1 amide bonds. The number of hydrogen-bond donors (Lipinski definition) is 0. The number of amides is 1. The number of carbonyl (C=O) groups excluding carboxylic acids is 1. The number of nitrogens with zero attached hydrogens (tertiary/aromatic N) is 1. The van der Waals surface area contributed by atoms with E-state index in [2.05, 4.69) is 45.7 Å². The van der Waals surface area contributed by atoms with Gasteiger partial charge in [0.15, 0.2) is 8.32 Å². The number of halogens is 2. The first kappa shape index (κ1) is 24.1. The van der Waals surface area contributed by atoms with E-state index in [-0.39, 0.29) is 16.4 Å². The highest BCUT2D eigenvalue weighted by atomic mass is 35.5. The third kappa shape index (κ3) is 5.08. The van der Waals surface area contributed by atoms with Crippen molar-refractivity contribution in [2.45, 2.75) is 96.5 Å². The predicted molar refractivity (Wildman–Crippen MR) is 129 cm³/mol. The molecule has 0 bridgehead atoms. The summed E-state index contributed by atoms with van der Waals surface area (Å²) in [5, 5.41) is 1.52. The van der Waals surface area contributed by atoms with Crippen LogP contribution in [-0.2, 0) is 15.6 Å². The van der Waals surface area contributed by atoms with Crippen LogP contribution in [0.2, 0.25) is 28.2 Å². The van der Waals surface area contributed by atoms with Gasteiger partial charge in [0.25, 0.3) is 0 Å². The Labute approximate surface area is 193 Å². The second kappa shape index (κ2) is 8.76. The number of hydrogen-bond acceptors (Lipinski definition) is 2. The highest BCUT2D eigenvalue weighted by Crippen LogP contribution is 2.42. The van der Waals surface area contributed by atoms with Gasteiger partial charge in [-0.1, -0.05) is 57.0 Å². The summed E-state index contributed by atoms with van der Waals surface area (Å²) in [7, 11) is -1.74. The zero-order valence-corrected chi connectivity index (χ0v) is 21.9. The Morgan fingerprint density at radius 2 is 1.80 bits per heavy atom. The molecule has 0 aromatic heterocycles. The first-order valence-electron chi connectivity index (χ1n) is 11.3. The molecule has 3 nitrogen and oxygen atoms in total. The summed E-state index contributed by atoms with van der Waals surface area (Å²) in [4.78, 5) is 15.5. The molecule has 1 aliphatic carbocycles. The van der Waals surface area contributed by atoms with E-state index in [1.54, 1.807) is 6.07 Å². The van der Waals surface area contributed by atoms with E-state index in [4.69, 9.17) is 27.6 Å². The smallest absolute Gasteiger partial charge is 0.229 e. The Bertz CT molecular complexity index is 784. The molecule has 2 fully saturated rings. The van der Waals surface area contributed by atoms with Crippen LogP contribution in [0.5, 0.6) is 0 Å². The summed E-state index contributed by atoms with van der Waals surface area (Å²) in [5.41, 5.74) is 0.622. The molecule has 2 aliphatic rings. The highest BCUT2D eigenvalue weighted by Gasteiger charge is 2.46. The van der Waals surface area contributed by atoms with Gasteiger partial charge in [-0.3, -0.25) is 4.79 Å². The topological polar surface area (TPSA) is 29.5 Å². The molecule has 1 aliphatic heterocycles. The van der Waals surface area contributed by atoms with E-state index in [1.807, 2.05) is 12.1 Å². The van der Waals surface area contributed by atoms with Crippen molar-refractivity contribution in [2.75, 3.05) is 6.54 Å². The zero-order chi connectivity index (χ0) is 22.3. The summed E-state index contributed by atoms with van der Waals surface area (Å²) >= 11 is 12.4. The van der Waals surface area contributed by atoms with Crippen molar-refractivity contribution in [1.82, 2.24) is 4.90 Å². The number of benzene rings is 1. The lowest BCUT2D eigenvalue weighted by atomic mass is 9.82. The van der Waals surface area contributed by atoms with Crippen molar-refractivity contribution in [2.24, 2.45) is 5.41 Å². The van der Waals surface area contributed by atoms with E-state index in [0.717, 1.165) is 44.2 Å². The normalized spacial score (nSPS) is 28.3. The molecular weight excluding hydrogens is 433 g/mol. The zero-order valence-electron chi connectivity index (χ0n) is 19.4. The van der Waals surface area contributed by atoms with Crippen LogP contribution < -0.4 is 0 Å². The van der Waals surface area contributed by atoms with Crippen LogP contribution in [0.3, 0.4) is 0 Å². The summed E-state index contributed by atoms with van der Waals surface area (Å²) in [6.45, 7) is 14.5. The molecule has 1 saturated carbocycles. The molecule has 0 N–H and O–H groups in total. The monoisotopic (exact) mass is 469 g/mol. The maximum Gasteiger partial charge on any atom is 0.229 e. The minimum atomic E-state index is -1.74. The molecule has 1 atom stereocenters. The molecule has 0 spiro atoms. The molecule has 1 heterocycles. The predicted octanol–water partition coefficient (Wildman–Crippen LogP) is 7.11. The van der Waals surface area contributed by atoms with Crippen molar-refractivity contribution >= 4 is 37.4 Å². The SMILES string of the molecule is CC1(Cc2ccc(Cl)cc2Cl)CCN(C2CCC(O[Si](C)(C)C(C)(C)C)CC2)C1=O. The molecule has 30 heavy (non-hydrogen) atoms. The first-order chi connectivity index (χ1) is 13.8. The molecule has 3 rings (SSSR count). The first-order valence-corrected chi connectivity index (χ1v) is 14.9.